The van der Waals surface area contributed by atoms with Crippen molar-refractivity contribution in [1.82, 2.24) is 19.9 Å². The lowest BCUT2D eigenvalue weighted by Crippen LogP contribution is -2.54. The van der Waals surface area contributed by atoms with Crippen LogP contribution in [0.1, 0.15) is 17.7 Å². The molecule has 1 saturated heterocycles. The van der Waals surface area contributed by atoms with E-state index in [2.05, 4.69) is 9.97 Å². The number of imidazole rings is 1. The molecule has 10 heteroatoms. The van der Waals surface area contributed by atoms with Crippen LogP contribution in [0.2, 0.25) is 0 Å². The van der Waals surface area contributed by atoms with Gasteiger partial charge in [0.1, 0.15) is 0 Å². The number of benzene rings is 2. The van der Waals surface area contributed by atoms with Gasteiger partial charge in [-0.2, -0.15) is 0 Å². The average Bonchev–Trinajstić information content (AvgIpc) is 3.40. The smallest absolute Gasteiger partial charge is 0.260 e. The number of amides is 3. The first-order chi connectivity index (χ1) is 16.9. The number of nitrogens with one attached hydrogen (secondary N) is 1. The summed E-state index contributed by atoms with van der Waals surface area (Å²) >= 11 is 0. The van der Waals surface area contributed by atoms with Crippen molar-refractivity contribution in [3.8, 4) is 0 Å². The number of hydrazine groups is 1. The molecule has 1 fully saturated rings. The fourth-order valence-corrected chi connectivity index (χ4v) is 4.34. The molecule has 0 spiro atoms. The van der Waals surface area contributed by atoms with E-state index < -0.39 is 23.8 Å². The molecule has 2 atom stereocenters. The lowest BCUT2D eigenvalue weighted by molar-refractivity contribution is -0.151. The van der Waals surface area contributed by atoms with Gasteiger partial charge in [-0.1, -0.05) is 42.5 Å². The lowest BCUT2D eigenvalue weighted by atomic mass is 9.91. The van der Waals surface area contributed by atoms with Crippen LogP contribution in [0, 0.1) is 5.92 Å². The van der Waals surface area contributed by atoms with Crippen molar-refractivity contribution in [3.05, 3.63) is 66.2 Å². The predicted molar refractivity (Wildman–Crippen MR) is 129 cm³/mol. The molecule has 1 aliphatic heterocycles. The second-order valence-corrected chi connectivity index (χ2v) is 8.67. The molecule has 0 aliphatic carbocycles. The Morgan fingerprint density at radius 3 is 2.54 bits per heavy atom. The number of aromatic amines is 1. The Kier molecular flexibility index (Phi) is 7.86. The molecule has 3 aromatic rings. The van der Waals surface area contributed by atoms with Crippen LogP contribution in [-0.2, 0) is 32.0 Å². The molecule has 0 saturated carbocycles. The van der Waals surface area contributed by atoms with Crippen LogP contribution in [-0.4, -0.2) is 69.9 Å². The number of fused-ring (bicyclic) bond motifs is 1. The molecule has 5 N–H and O–H groups in total. The summed E-state index contributed by atoms with van der Waals surface area (Å²) in [4.78, 5) is 47.8. The second-order valence-electron chi connectivity index (χ2n) is 8.67. The van der Waals surface area contributed by atoms with Crippen molar-refractivity contribution < 1.29 is 19.1 Å². The van der Waals surface area contributed by atoms with Crippen LogP contribution in [0.4, 0.5) is 0 Å². The number of ether oxygens (including phenoxy) is 1. The summed E-state index contributed by atoms with van der Waals surface area (Å²) in [5, 5.41) is 2.58. The van der Waals surface area contributed by atoms with Gasteiger partial charge in [0.2, 0.25) is 11.8 Å². The Balaban J connectivity index is 1.55. The number of nitrogens with zero attached hydrogens (tertiary/aromatic N) is 3. The van der Waals surface area contributed by atoms with Gasteiger partial charge in [-0.15, -0.1) is 0 Å². The first-order valence-corrected chi connectivity index (χ1v) is 11.6. The zero-order chi connectivity index (χ0) is 24.8. The van der Waals surface area contributed by atoms with Gasteiger partial charge >= 0.3 is 0 Å². The van der Waals surface area contributed by atoms with E-state index >= 15 is 0 Å². The van der Waals surface area contributed by atoms with Crippen molar-refractivity contribution in [2.24, 2.45) is 17.5 Å². The van der Waals surface area contributed by atoms with Gasteiger partial charge in [0.25, 0.3) is 5.91 Å². The van der Waals surface area contributed by atoms with Crippen molar-refractivity contribution >= 4 is 28.5 Å². The lowest BCUT2D eigenvalue weighted by Gasteiger charge is -2.29. The summed E-state index contributed by atoms with van der Waals surface area (Å²) in [7, 11) is 0. The van der Waals surface area contributed by atoms with Crippen LogP contribution in [0.3, 0.4) is 0 Å². The first kappa shape index (κ1) is 24.5. The van der Waals surface area contributed by atoms with Crippen LogP contribution in [0.25, 0.3) is 10.8 Å². The minimum atomic E-state index is -1.03. The fourth-order valence-electron chi connectivity index (χ4n) is 4.34. The van der Waals surface area contributed by atoms with E-state index in [0.29, 0.717) is 37.0 Å². The van der Waals surface area contributed by atoms with Crippen LogP contribution >= 0.6 is 0 Å². The number of morpholine rings is 1. The Bertz CT molecular complexity index is 1170. The Hall–Kier alpha value is -3.60. The average molecular weight is 479 g/mol. The number of aromatic nitrogens is 2. The number of hydrogen-bond donors (Lipinski definition) is 3. The third kappa shape index (κ3) is 5.91. The Morgan fingerprint density at radius 1 is 1.06 bits per heavy atom. The number of rotatable bonds is 8. The highest BCUT2D eigenvalue weighted by atomic mass is 16.5. The fraction of sp³-hybridized carbons (Fsp3) is 0.360. The molecule has 2 aromatic carbocycles. The van der Waals surface area contributed by atoms with E-state index in [0.717, 1.165) is 16.3 Å². The minimum Gasteiger partial charge on any atom is -0.378 e. The number of carbonyl (C=O) groups is 3. The number of carbonyl (C=O) groups excluding carboxylic acids is 3. The molecule has 3 amide bonds. The third-order valence-corrected chi connectivity index (χ3v) is 6.27. The first-order valence-electron chi connectivity index (χ1n) is 11.6. The maximum atomic E-state index is 13.5. The van der Waals surface area contributed by atoms with E-state index in [4.69, 9.17) is 16.3 Å². The maximum Gasteiger partial charge on any atom is 0.260 e. The molecule has 2 heterocycles. The minimum absolute atomic E-state index is 0.0706. The monoisotopic (exact) mass is 478 g/mol. The number of hydrogen-bond acceptors (Lipinski definition) is 7. The molecule has 35 heavy (non-hydrogen) atoms. The summed E-state index contributed by atoms with van der Waals surface area (Å²) in [6.45, 7) is 1.85. The highest BCUT2D eigenvalue weighted by Gasteiger charge is 2.33. The molecule has 4 rings (SSSR count). The SMILES string of the molecule is N[C@@H](Cc1cnc[nH]1)C(=O)N(N)C(=O)C(CC(=O)N1CCOCC1)Cc1cccc2ccccc12. The Morgan fingerprint density at radius 2 is 1.80 bits per heavy atom. The van der Waals surface area contributed by atoms with E-state index in [9.17, 15) is 14.4 Å². The van der Waals surface area contributed by atoms with Crippen LogP contribution in [0.15, 0.2) is 55.0 Å². The van der Waals surface area contributed by atoms with Crippen molar-refractivity contribution in [1.29, 1.82) is 0 Å². The molecule has 0 bridgehead atoms. The van der Waals surface area contributed by atoms with Gasteiger partial charge in [0.15, 0.2) is 0 Å². The highest BCUT2D eigenvalue weighted by Crippen LogP contribution is 2.24. The van der Waals surface area contributed by atoms with Crippen LogP contribution in [0.5, 0.6) is 0 Å². The summed E-state index contributed by atoms with van der Waals surface area (Å²) in [6, 6.07) is 12.6. The van der Waals surface area contributed by atoms with Crippen molar-refractivity contribution in [3.63, 3.8) is 0 Å². The molecular weight excluding hydrogens is 448 g/mol. The molecule has 1 unspecified atom stereocenters. The molecule has 0 radical (unpaired) electrons. The van der Waals surface area contributed by atoms with E-state index in [1.807, 2.05) is 42.5 Å². The summed E-state index contributed by atoms with van der Waals surface area (Å²) in [5.41, 5.74) is 7.59. The van der Waals surface area contributed by atoms with Gasteiger partial charge in [0, 0.05) is 37.8 Å². The van der Waals surface area contributed by atoms with Gasteiger partial charge in [-0.25, -0.2) is 15.8 Å². The quantitative estimate of drug-likeness (QED) is 0.246. The van der Waals surface area contributed by atoms with E-state index in [1.54, 1.807) is 11.1 Å². The van der Waals surface area contributed by atoms with Gasteiger partial charge < -0.3 is 20.4 Å². The molecule has 1 aromatic heterocycles. The van der Waals surface area contributed by atoms with Crippen LogP contribution < -0.4 is 11.6 Å². The topological polar surface area (TPSA) is 148 Å². The van der Waals surface area contributed by atoms with Gasteiger partial charge in [-0.3, -0.25) is 14.4 Å². The zero-order valence-corrected chi connectivity index (χ0v) is 19.4. The molecule has 10 nitrogen and oxygen atoms in total. The number of nitrogens with two attached hydrogens (primary N) is 2. The van der Waals surface area contributed by atoms with Crippen molar-refractivity contribution in [2.75, 3.05) is 26.3 Å². The second kappa shape index (κ2) is 11.2. The highest BCUT2D eigenvalue weighted by molar-refractivity contribution is 5.99. The standard InChI is InChI=1S/C25H30N6O4/c26-22(14-20-15-28-16-29-20)25(34)31(27)24(33)19(13-23(32)30-8-10-35-11-9-30)12-18-6-3-5-17-4-1-2-7-21(17)18/h1-7,15-16,19,22H,8-14,26-27H2,(H,28,29)/t19?,22-/m0/s1. The number of imide groups is 1. The van der Waals surface area contributed by atoms with Gasteiger partial charge in [-0.05, 0) is 22.8 Å². The normalized spacial score (nSPS) is 15.5. The zero-order valence-electron chi connectivity index (χ0n) is 19.4. The Labute approximate surface area is 203 Å². The third-order valence-electron chi connectivity index (χ3n) is 6.27. The maximum absolute atomic E-state index is 13.5. The van der Waals surface area contributed by atoms with Gasteiger partial charge in [0.05, 0.1) is 31.5 Å². The number of H-pyrrole nitrogens is 1. The molecule has 184 valence electrons. The molecular formula is C25H30N6O4. The largest absolute Gasteiger partial charge is 0.378 e. The van der Waals surface area contributed by atoms with E-state index in [1.165, 1.54) is 6.33 Å². The summed E-state index contributed by atoms with van der Waals surface area (Å²) in [5.74, 6) is 3.64. The predicted octanol–water partition coefficient (Wildman–Crippen LogP) is 0.769. The summed E-state index contributed by atoms with van der Waals surface area (Å²) < 4.78 is 5.33. The summed E-state index contributed by atoms with van der Waals surface area (Å²) in [6.07, 6.45) is 3.38. The molecule has 1 aliphatic rings. The van der Waals surface area contributed by atoms with Crippen molar-refractivity contribution in [2.45, 2.75) is 25.3 Å². The van der Waals surface area contributed by atoms with E-state index in [-0.39, 0.29) is 25.2 Å².